The Morgan fingerprint density at radius 3 is 2.81 bits per heavy atom. The van der Waals surface area contributed by atoms with Crippen LogP contribution in [0, 0.1) is 0 Å². The zero-order valence-corrected chi connectivity index (χ0v) is 14.9. The molecule has 2 aromatic rings. The molecule has 0 spiro atoms. The summed E-state index contributed by atoms with van der Waals surface area (Å²) < 4.78 is 1.85. The highest BCUT2D eigenvalue weighted by Gasteiger charge is 2.08. The van der Waals surface area contributed by atoms with Gasteiger partial charge < -0.3 is 0 Å². The summed E-state index contributed by atoms with van der Waals surface area (Å²) >= 11 is 7.78. The number of thioether (sulfide) groups is 2. The first-order valence-corrected chi connectivity index (χ1v) is 9.51. The third kappa shape index (κ3) is 5.82. The Kier molecular flexibility index (Phi) is 6.75. The van der Waals surface area contributed by atoms with Gasteiger partial charge in [-0.05, 0) is 24.3 Å². The molecule has 0 bridgehead atoms. The number of nitrogens with one attached hydrogen (secondary N) is 1. The molecule has 0 saturated heterocycles. The first-order valence-electron chi connectivity index (χ1n) is 5.93. The molecule has 1 aromatic carbocycles. The van der Waals surface area contributed by atoms with E-state index in [0.29, 0.717) is 10.9 Å². The van der Waals surface area contributed by atoms with Crippen molar-refractivity contribution in [3.63, 3.8) is 0 Å². The van der Waals surface area contributed by atoms with Gasteiger partial charge in [-0.2, -0.15) is 0 Å². The van der Waals surface area contributed by atoms with Crippen molar-refractivity contribution in [1.29, 1.82) is 0 Å². The second-order valence-electron chi connectivity index (χ2n) is 3.76. The van der Waals surface area contributed by atoms with Gasteiger partial charge in [0.05, 0.1) is 5.75 Å². The molecule has 4 nitrogen and oxygen atoms in total. The smallest absolute Gasteiger partial charge is 0.236 e. The van der Waals surface area contributed by atoms with E-state index in [1.54, 1.807) is 17.8 Å². The summed E-state index contributed by atoms with van der Waals surface area (Å²) in [6.45, 7) is 3.65. The van der Waals surface area contributed by atoms with Gasteiger partial charge in [0.15, 0.2) is 4.34 Å². The van der Waals surface area contributed by atoms with E-state index >= 15 is 0 Å². The minimum Gasteiger partial charge on any atom is -0.300 e. The SMILES string of the molecule is C=CCSc1nnc(NC(=O)CSc2ccc(Br)cc2)s1. The highest BCUT2D eigenvalue weighted by Crippen LogP contribution is 2.26. The lowest BCUT2D eigenvalue weighted by Crippen LogP contribution is -2.13. The average molecular weight is 402 g/mol. The molecule has 0 saturated carbocycles. The first kappa shape index (κ1) is 16.5. The van der Waals surface area contributed by atoms with Crippen LogP contribution >= 0.6 is 50.8 Å². The molecule has 1 N–H and O–H groups in total. The zero-order valence-electron chi connectivity index (χ0n) is 10.9. The van der Waals surface area contributed by atoms with E-state index in [-0.39, 0.29) is 5.91 Å². The summed E-state index contributed by atoms with van der Waals surface area (Å²) in [5.74, 6) is 1.04. The summed E-state index contributed by atoms with van der Waals surface area (Å²) in [5, 5.41) is 11.2. The molecule has 21 heavy (non-hydrogen) atoms. The summed E-state index contributed by atoms with van der Waals surface area (Å²) in [6, 6.07) is 7.84. The van der Waals surface area contributed by atoms with E-state index in [1.807, 2.05) is 24.3 Å². The molecule has 0 unspecified atom stereocenters. The van der Waals surface area contributed by atoms with Gasteiger partial charge in [-0.3, -0.25) is 10.1 Å². The van der Waals surface area contributed by atoms with E-state index in [4.69, 9.17) is 0 Å². The monoisotopic (exact) mass is 401 g/mol. The molecular formula is C13H12BrN3OS3. The van der Waals surface area contributed by atoms with Crippen LogP contribution in [0.2, 0.25) is 0 Å². The number of amides is 1. The van der Waals surface area contributed by atoms with Crippen molar-refractivity contribution in [2.24, 2.45) is 0 Å². The van der Waals surface area contributed by atoms with Crippen LogP contribution in [0.4, 0.5) is 5.13 Å². The lowest BCUT2D eigenvalue weighted by Gasteiger charge is -2.01. The Balaban J connectivity index is 1.80. The predicted octanol–water partition coefficient (Wildman–Crippen LogP) is 4.31. The molecule has 1 aromatic heterocycles. The van der Waals surface area contributed by atoms with Gasteiger partial charge in [-0.25, -0.2) is 0 Å². The molecule has 110 valence electrons. The normalized spacial score (nSPS) is 10.3. The molecule has 0 aliphatic carbocycles. The summed E-state index contributed by atoms with van der Waals surface area (Å²) in [6.07, 6.45) is 1.80. The Morgan fingerprint density at radius 2 is 2.10 bits per heavy atom. The van der Waals surface area contributed by atoms with Crippen molar-refractivity contribution in [3.8, 4) is 0 Å². The standard InChI is InChI=1S/C13H12BrN3OS3/c1-2-7-19-13-17-16-12(21-13)15-11(18)8-20-10-5-3-9(14)4-6-10/h2-6H,1,7-8H2,(H,15,16,18). The minimum absolute atomic E-state index is 0.0839. The van der Waals surface area contributed by atoms with E-state index in [0.717, 1.165) is 19.5 Å². The number of nitrogens with zero attached hydrogens (tertiary/aromatic N) is 2. The number of aromatic nitrogens is 2. The van der Waals surface area contributed by atoms with Gasteiger partial charge in [0.1, 0.15) is 0 Å². The van der Waals surface area contributed by atoms with Crippen LogP contribution in [-0.4, -0.2) is 27.6 Å². The third-order valence-electron chi connectivity index (χ3n) is 2.16. The van der Waals surface area contributed by atoms with Crippen LogP contribution in [-0.2, 0) is 4.79 Å². The third-order valence-corrected chi connectivity index (χ3v) is 5.67. The van der Waals surface area contributed by atoms with Crippen molar-refractivity contribution in [2.75, 3.05) is 16.8 Å². The van der Waals surface area contributed by atoms with Gasteiger partial charge >= 0.3 is 0 Å². The molecule has 0 aliphatic heterocycles. The van der Waals surface area contributed by atoms with Crippen molar-refractivity contribution in [3.05, 3.63) is 41.4 Å². The molecule has 1 amide bonds. The number of hydrogen-bond acceptors (Lipinski definition) is 6. The zero-order chi connectivity index (χ0) is 15.1. The van der Waals surface area contributed by atoms with Gasteiger partial charge in [-0.15, -0.1) is 28.5 Å². The molecule has 2 rings (SSSR count). The number of halogens is 1. The maximum absolute atomic E-state index is 11.9. The van der Waals surface area contributed by atoms with E-state index in [1.165, 1.54) is 23.1 Å². The Hall–Kier alpha value is -0.830. The molecule has 1 heterocycles. The van der Waals surface area contributed by atoms with Crippen LogP contribution in [0.15, 0.2) is 50.6 Å². The van der Waals surface area contributed by atoms with Crippen LogP contribution in [0.25, 0.3) is 0 Å². The maximum Gasteiger partial charge on any atom is 0.236 e. The quantitative estimate of drug-likeness (QED) is 0.425. The van der Waals surface area contributed by atoms with Gasteiger partial charge in [0.25, 0.3) is 0 Å². The molecule has 8 heteroatoms. The molecule has 0 aliphatic rings. The maximum atomic E-state index is 11.9. The van der Waals surface area contributed by atoms with Crippen LogP contribution in [0.3, 0.4) is 0 Å². The van der Waals surface area contributed by atoms with E-state index in [9.17, 15) is 4.79 Å². The first-order chi connectivity index (χ1) is 10.2. The molecular weight excluding hydrogens is 390 g/mol. The summed E-state index contributed by atoms with van der Waals surface area (Å²) in [4.78, 5) is 12.9. The van der Waals surface area contributed by atoms with Crippen molar-refractivity contribution in [2.45, 2.75) is 9.24 Å². The average Bonchev–Trinajstić information content (AvgIpc) is 2.92. The second kappa shape index (κ2) is 8.57. The minimum atomic E-state index is -0.0839. The summed E-state index contributed by atoms with van der Waals surface area (Å²) in [7, 11) is 0. The van der Waals surface area contributed by atoms with Crippen molar-refractivity contribution < 1.29 is 4.79 Å². The van der Waals surface area contributed by atoms with E-state index < -0.39 is 0 Å². The van der Waals surface area contributed by atoms with Gasteiger partial charge in [0.2, 0.25) is 11.0 Å². The van der Waals surface area contributed by atoms with E-state index in [2.05, 4.69) is 38.0 Å². The fourth-order valence-electron chi connectivity index (χ4n) is 1.28. The Morgan fingerprint density at radius 1 is 1.33 bits per heavy atom. The van der Waals surface area contributed by atoms with Crippen molar-refractivity contribution in [1.82, 2.24) is 10.2 Å². The Bertz CT molecular complexity index is 615. The summed E-state index contributed by atoms with van der Waals surface area (Å²) in [5.41, 5.74) is 0. The molecule has 0 fully saturated rings. The number of hydrogen-bond donors (Lipinski definition) is 1. The van der Waals surface area contributed by atoms with Crippen LogP contribution in [0.5, 0.6) is 0 Å². The lowest BCUT2D eigenvalue weighted by molar-refractivity contribution is -0.113. The Labute approximate surface area is 143 Å². The highest BCUT2D eigenvalue weighted by molar-refractivity contribution is 9.10. The fraction of sp³-hybridized carbons (Fsp3) is 0.154. The number of carbonyl (C=O) groups excluding carboxylic acids is 1. The number of benzene rings is 1. The largest absolute Gasteiger partial charge is 0.300 e. The molecule has 0 atom stereocenters. The topological polar surface area (TPSA) is 54.9 Å². The second-order valence-corrected chi connectivity index (χ2v) is 7.97. The fourth-order valence-corrected chi connectivity index (χ4v) is 3.78. The molecule has 0 radical (unpaired) electrons. The lowest BCUT2D eigenvalue weighted by atomic mass is 10.4. The number of anilines is 1. The van der Waals surface area contributed by atoms with Gasteiger partial charge in [0, 0.05) is 15.1 Å². The highest BCUT2D eigenvalue weighted by atomic mass is 79.9. The van der Waals surface area contributed by atoms with Crippen LogP contribution in [0.1, 0.15) is 0 Å². The van der Waals surface area contributed by atoms with Gasteiger partial charge in [-0.1, -0.05) is 45.1 Å². The predicted molar refractivity (Wildman–Crippen MR) is 94.3 cm³/mol. The number of carbonyl (C=O) groups is 1. The van der Waals surface area contributed by atoms with Crippen LogP contribution < -0.4 is 5.32 Å². The van der Waals surface area contributed by atoms with Crippen molar-refractivity contribution >= 4 is 61.8 Å². The number of rotatable bonds is 7.